The number of carbonyl (C=O) groups is 1. The fraction of sp³-hybridized carbons (Fsp3) is 0.231. The summed E-state index contributed by atoms with van der Waals surface area (Å²) in [5, 5.41) is 11.2. The van der Waals surface area contributed by atoms with E-state index in [2.05, 4.69) is 20.5 Å². The van der Waals surface area contributed by atoms with Crippen molar-refractivity contribution in [2.75, 3.05) is 12.3 Å². The predicted molar refractivity (Wildman–Crippen MR) is 80.2 cm³/mol. The summed E-state index contributed by atoms with van der Waals surface area (Å²) in [6.07, 6.45) is 2.03. The van der Waals surface area contributed by atoms with Crippen molar-refractivity contribution in [2.45, 2.75) is 13.3 Å². The van der Waals surface area contributed by atoms with Gasteiger partial charge in [0.2, 0.25) is 11.1 Å². The summed E-state index contributed by atoms with van der Waals surface area (Å²) in [5.74, 6) is -1.23. The van der Waals surface area contributed by atoms with Gasteiger partial charge in [0, 0.05) is 19.2 Å². The highest BCUT2D eigenvalue weighted by Crippen LogP contribution is 2.13. The van der Waals surface area contributed by atoms with Crippen LogP contribution in [-0.2, 0) is 6.42 Å². The van der Waals surface area contributed by atoms with Gasteiger partial charge < -0.3 is 11.1 Å². The Morgan fingerprint density at radius 1 is 1.50 bits per heavy atom. The summed E-state index contributed by atoms with van der Waals surface area (Å²) in [6, 6.07) is 3.46. The number of aromatic nitrogens is 4. The largest absolute Gasteiger partial charge is 0.374 e. The molecule has 0 radical (unpaired) electrons. The lowest BCUT2D eigenvalue weighted by Gasteiger charge is -2.00. The lowest BCUT2D eigenvalue weighted by atomic mass is 10.3. The Bertz CT molecular complexity index is 842. The molecule has 0 bridgehead atoms. The van der Waals surface area contributed by atoms with Gasteiger partial charge in [0.15, 0.2) is 5.69 Å². The van der Waals surface area contributed by atoms with Crippen molar-refractivity contribution in [1.29, 1.82) is 0 Å². The number of hydrogen-bond donors (Lipinski definition) is 2. The zero-order valence-electron chi connectivity index (χ0n) is 11.7. The highest BCUT2D eigenvalue weighted by atomic mass is 32.1. The number of anilines is 1. The molecular formula is C13H13FN6OS. The van der Waals surface area contributed by atoms with E-state index in [4.69, 9.17) is 5.73 Å². The summed E-state index contributed by atoms with van der Waals surface area (Å²) in [5.41, 5.74) is 6.60. The average molecular weight is 320 g/mol. The topological polar surface area (TPSA) is 98.2 Å². The summed E-state index contributed by atoms with van der Waals surface area (Å²) in [7, 11) is 0. The number of imidazole rings is 1. The van der Waals surface area contributed by atoms with Gasteiger partial charge in [-0.1, -0.05) is 11.3 Å². The molecule has 0 fully saturated rings. The number of rotatable bonds is 4. The average Bonchev–Trinajstić information content (AvgIpc) is 3.03. The van der Waals surface area contributed by atoms with Crippen LogP contribution in [0.3, 0.4) is 0 Å². The van der Waals surface area contributed by atoms with Crippen LogP contribution in [0.2, 0.25) is 0 Å². The van der Waals surface area contributed by atoms with Gasteiger partial charge in [0.25, 0.3) is 5.91 Å². The minimum absolute atomic E-state index is 0.220. The van der Waals surface area contributed by atoms with Crippen LogP contribution in [0.15, 0.2) is 18.3 Å². The number of halogens is 1. The maximum Gasteiger partial charge on any atom is 0.274 e. The third kappa shape index (κ3) is 2.75. The van der Waals surface area contributed by atoms with Crippen LogP contribution in [0, 0.1) is 12.9 Å². The molecular weight excluding hydrogens is 307 g/mol. The van der Waals surface area contributed by atoms with Gasteiger partial charge >= 0.3 is 0 Å². The van der Waals surface area contributed by atoms with E-state index in [9.17, 15) is 9.18 Å². The fourth-order valence-electron chi connectivity index (χ4n) is 2.00. The number of nitrogens with one attached hydrogen (secondary N) is 1. The number of nitrogen functional groups attached to an aromatic ring is 1. The van der Waals surface area contributed by atoms with Crippen molar-refractivity contribution in [1.82, 2.24) is 24.9 Å². The van der Waals surface area contributed by atoms with Gasteiger partial charge in [-0.2, -0.15) is 4.39 Å². The quantitative estimate of drug-likeness (QED) is 0.752. The first-order valence-electron chi connectivity index (χ1n) is 6.55. The molecule has 0 atom stereocenters. The Kier molecular flexibility index (Phi) is 3.72. The number of carbonyl (C=O) groups excluding carboxylic acids is 1. The van der Waals surface area contributed by atoms with Crippen LogP contribution in [0.4, 0.5) is 9.52 Å². The molecule has 0 saturated carbocycles. The van der Waals surface area contributed by atoms with Crippen molar-refractivity contribution < 1.29 is 9.18 Å². The van der Waals surface area contributed by atoms with E-state index in [1.807, 2.05) is 6.92 Å². The number of fused-ring (bicyclic) bond motifs is 1. The van der Waals surface area contributed by atoms with Gasteiger partial charge in [-0.05, 0) is 24.6 Å². The molecule has 3 heterocycles. The van der Waals surface area contributed by atoms with Crippen LogP contribution in [0.5, 0.6) is 0 Å². The molecule has 22 heavy (non-hydrogen) atoms. The van der Waals surface area contributed by atoms with Crippen molar-refractivity contribution in [3.63, 3.8) is 0 Å². The summed E-state index contributed by atoms with van der Waals surface area (Å²) >= 11 is 1.25. The third-order valence-corrected chi connectivity index (χ3v) is 3.86. The first kappa shape index (κ1) is 14.4. The number of amides is 1. The van der Waals surface area contributed by atoms with Crippen LogP contribution in [-0.4, -0.2) is 32.0 Å². The molecule has 0 spiro atoms. The lowest BCUT2D eigenvalue weighted by Crippen LogP contribution is -2.26. The highest BCUT2D eigenvalue weighted by Gasteiger charge is 2.18. The summed E-state index contributed by atoms with van der Waals surface area (Å²) < 4.78 is 15.4. The molecule has 0 aliphatic carbocycles. The Morgan fingerprint density at radius 2 is 2.32 bits per heavy atom. The second kappa shape index (κ2) is 5.68. The molecule has 0 unspecified atom stereocenters. The van der Waals surface area contributed by atoms with Gasteiger partial charge in [0.1, 0.15) is 10.7 Å². The highest BCUT2D eigenvalue weighted by molar-refractivity contribution is 7.15. The fourth-order valence-corrected chi connectivity index (χ4v) is 2.60. The van der Waals surface area contributed by atoms with E-state index < -0.39 is 11.9 Å². The number of pyridine rings is 1. The Labute approximate surface area is 129 Å². The first-order valence-corrected chi connectivity index (χ1v) is 7.36. The van der Waals surface area contributed by atoms with Crippen LogP contribution in [0.1, 0.15) is 21.1 Å². The van der Waals surface area contributed by atoms with E-state index in [-0.39, 0.29) is 5.69 Å². The molecule has 3 N–H and O–H groups in total. The minimum atomic E-state index is -0.673. The number of aryl methyl sites for hydroxylation is 1. The normalized spacial score (nSPS) is 11.0. The molecule has 9 heteroatoms. The van der Waals surface area contributed by atoms with Gasteiger partial charge in [-0.25, -0.2) is 4.98 Å². The first-order chi connectivity index (χ1) is 10.5. The molecule has 0 aromatic carbocycles. The minimum Gasteiger partial charge on any atom is -0.374 e. The molecule has 3 aromatic rings. The molecule has 0 aliphatic rings. The predicted octanol–water partition coefficient (Wildman–Crippen LogP) is 1.19. The molecule has 1 amide bonds. The van der Waals surface area contributed by atoms with Crippen molar-refractivity contribution >= 4 is 28.0 Å². The van der Waals surface area contributed by atoms with Gasteiger partial charge in [-0.15, -0.1) is 10.2 Å². The monoisotopic (exact) mass is 320 g/mol. The molecule has 114 valence electrons. The molecule has 7 nitrogen and oxygen atoms in total. The van der Waals surface area contributed by atoms with Crippen molar-refractivity contribution in [3.8, 4) is 0 Å². The standard InChI is InChI=1S/C13H13FN6OS/c1-7-3-5-20-8(6-7)17-10(11(20)14)12(21)16-4-2-9-18-19-13(15)22-9/h3,5-6H,2,4H2,1H3,(H2,15,19)(H,16,21). The van der Waals surface area contributed by atoms with Gasteiger partial charge in [-0.3, -0.25) is 9.20 Å². The SMILES string of the molecule is Cc1ccn2c(F)c(C(=O)NCCc3nnc(N)s3)nc2c1. The molecule has 0 aliphatic heterocycles. The third-order valence-electron chi connectivity index (χ3n) is 3.05. The number of nitrogens with two attached hydrogens (primary N) is 1. The van der Waals surface area contributed by atoms with Crippen molar-refractivity contribution in [2.24, 2.45) is 0 Å². The zero-order valence-corrected chi connectivity index (χ0v) is 12.5. The Balaban J connectivity index is 1.70. The van der Waals surface area contributed by atoms with E-state index in [1.54, 1.807) is 18.3 Å². The molecule has 3 rings (SSSR count). The van der Waals surface area contributed by atoms with E-state index in [1.165, 1.54) is 15.7 Å². The second-order valence-corrected chi connectivity index (χ2v) is 5.82. The zero-order chi connectivity index (χ0) is 15.7. The summed E-state index contributed by atoms with van der Waals surface area (Å²) in [4.78, 5) is 16.1. The Morgan fingerprint density at radius 3 is 3.05 bits per heavy atom. The smallest absolute Gasteiger partial charge is 0.274 e. The second-order valence-electron chi connectivity index (χ2n) is 4.72. The van der Waals surface area contributed by atoms with Crippen LogP contribution >= 0.6 is 11.3 Å². The van der Waals surface area contributed by atoms with Crippen LogP contribution < -0.4 is 11.1 Å². The number of hydrogen-bond acceptors (Lipinski definition) is 6. The van der Waals surface area contributed by atoms with Crippen LogP contribution in [0.25, 0.3) is 5.65 Å². The summed E-state index contributed by atoms with van der Waals surface area (Å²) in [6.45, 7) is 2.18. The van der Waals surface area contributed by atoms with Crippen molar-refractivity contribution in [3.05, 3.63) is 40.5 Å². The maximum atomic E-state index is 14.2. The van der Waals surface area contributed by atoms with Gasteiger partial charge in [0.05, 0.1) is 0 Å². The van der Waals surface area contributed by atoms with E-state index in [0.717, 1.165) is 5.56 Å². The lowest BCUT2D eigenvalue weighted by molar-refractivity contribution is 0.0945. The Hall–Kier alpha value is -2.55. The molecule has 0 saturated heterocycles. The van der Waals surface area contributed by atoms with E-state index >= 15 is 0 Å². The maximum absolute atomic E-state index is 14.2. The van der Waals surface area contributed by atoms with E-state index in [0.29, 0.717) is 28.8 Å². The number of nitrogens with zero attached hydrogens (tertiary/aromatic N) is 4. The molecule has 3 aromatic heterocycles.